The average Bonchev–Trinajstić information content (AvgIpc) is 2.75. The molecule has 0 bridgehead atoms. The maximum absolute atomic E-state index is 11.0. The second-order valence-corrected chi connectivity index (χ2v) is 3.47. The molecule has 0 radical (unpaired) electrons. The lowest BCUT2D eigenvalue weighted by molar-refractivity contribution is 0.102. The molecule has 2 aromatic rings. The average molecular weight is 194 g/mol. The van der Waals surface area contributed by atoms with Gasteiger partial charge in [-0.1, -0.05) is 0 Å². The molecule has 2 heterocycles. The molecule has 5 nitrogen and oxygen atoms in total. The first kappa shape index (κ1) is 8.06. The summed E-state index contributed by atoms with van der Waals surface area (Å²) in [5, 5.41) is 10.7. The Bertz CT molecular complexity index is 419. The summed E-state index contributed by atoms with van der Waals surface area (Å²) in [6.07, 6.45) is 3.12. The maximum Gasteiger partial charge on any atom is 0.171 e. The molecule has 2 aromatic heterocycles. The fraction of sp³-hybridized carbons (Fsp3) is 0.143. The van der Waals surface area contributed by atoms with Gasteiger partial charge in [0, 0.05) is 13.1 Å². The van der Waals surface area contributed by atoms with Crippen LogP contribution in [0, 0.1) is 0 Å². The van der Waals surface area contributed by atoms with Crippen LogP contribution in [0.15, 0.2) is 12.4 Å². The van der Waals surface area contributed by atoms with E-state index in [-0.39, 0.29) is 5.78 Å². The number of Topliss-reactive ketones (excluding diaryl/α,β-unsaturated/α-hetero) is 1. The molecule has 0 unspecified atom stereocenters. The van der Waals surface area contributed by atoms with E-state index in [1.807, 2.05) is 0 Å². The number of nitrogens with one attached hydrogen (secondary N) is 1. The Kier molecular flexibility index (Phi) is 1.90. The van der Waals surface area contributed by atoms with Gasteiger partial charge in [-0.3, -0.25) is 4.79 Å². The Morgan fingerprint density at radius 3 is 2.92 bits per heavy atom. The van der Waals surface area contributed by atoms with Crippen molar-refractivity contribution in [2.45, 2.75) is 6.92 Å². The summed E-state index contributed by atoms with van der Waals surface area (Å²) in [5.74, 6) is 0.0206. The summed E-state index contributed by atoms with van der Waals surface area (Å²) in [4.78, 5) is 15.6. The van der Waals surface area contributed by atoms with Crippen molar-refractivity contribution in [3.8, 4) is 10.7 Å². The van der Waals surface area contributed by atoms with Crippen LogP contribution in [0.25, 0.3) is 10.7 Å². The smallest absolute Gasteiger partial charge is 0.171 e. The van der Waals surface area contributed by atoms with E-state index in [9.17, 15) is 4.79 Å². The Morgan fingerprint density at radius 1 is 1.54 bits per heavy atom. The zero-order valence-corrected chi connectivity index (χ0v) is 7.63. The molecule has 6 heteroatoms. The van der Waals surface area contributed by atoms with E-state index in [0.29, 0.717) is 15.6 Å². The van der Waals surface area contributed by atoms with Crippen molar-refractivity contribution < 1.29 is 4.79 Å². The van der Waals surface area contributed by atoms with Crippen molar-refractivity contribution in [2.75, 3.05) is 0 Å². The van der Waals surface area contributed by atoms with E-state index in [1.54, 1.807) is 12.4 Å². The van der Waals surface area contributed by atoms with Crippen LogP contribution >= 0.6 is 11.3 Å². The van der Waals surface area contributed by atoms with Crippen LogP contribution in [0.4, 0.5) is 0 Å². The molecule has 66 valence electrons. The summed E-state index contributed by atoms with van der Waals surface area (Å²) in [7, 11) is 0. The van der Waals surface area contributed by atoms with Crippen LogP contribution in [-0.4, -0.2) is 26.2 Å². The van der Waals surface area contributed by atoms with Gasteiger partial charge in [-0.2, -0.15) is 15.4 Å². The lowest BCUT2D eigenvalue weighted by atomic mass is 10.4. The largest absolute Gasteiger partial charge is 0.294 e. The monoisotopic (exact) mass is 194 g/mol. The summed E-state index contributed by atoms with van der Waals surface area (Å²) in [6.45, 7) is 1.51. The molecule has 0 fully saturated rings. The number of rotatable bonds is 2. The van der Waals surface area contributed by atoms with Crippen LogP contribution in [0.5, 0.6) is 0 Å². The van der Waals surface area contributed by atoms with Crippen molar-refractivity contribution in [1.29, 1.82) is 0 Å². The maximum atomic E-state index is 11.0. The van der Waals surface area contributed by atoms with Gasteiger partial charge in [-0.25, -0.2) is 4.98 Å². The second-order valence-electron chi connectivity index (χ2n) is 2.44. The zero-order valence-electron chi connectivity index (χ0n) is 6.81. The molecule has 0 aromatic carbocycles. The molecular formula is C7H6N4OS. The van der Waals surface area contributed by atoms with E-state index in [1.165, 1.54) is 18.3 Å². The standard InChI is InChI=1S/C7H6N4OS/c1-4(12)6-3-8-7(13-6)5-2-9-11-10-5/h2-3H,1H3,(H,9,10,11). The first-order chi connectivity index (χ1) is 6.27. The highest BCUT2D eigenvalue weighted by Gasteiger charge is 2.09. The van der Waals surface area contributed by atoms with Crippen LogP contribution in [0.1, 0.15) is 16.6 Å². The Balaban J connectivity index is 2.39. The van der Waals surface area contributed by atoms with Gasteiger partial charge in [-0.15, -0.1) is 11.3 Å². The van der Waals surface area contributed by atoms with Gasteiger partial charge in [-0.05, 0) is 0 Å². The van der Waals surface area contributed by atoms with E-state index < -0.39 is 0 Å². The summed E-state index contributed by atoms with van der Waals surface area (Å²) in [5.41, 5.74) is 0.664. The minimum absolute atomic E-state index is 0.0206. The summed E-state index contributed by atoms with van der Waals surface area (Å²) in [6, 6.07) is 0. The molecule has 0 aliphatic rings. The number of carbonyl (C=O) groups is 1. The lowest BCUT2D eigenvalue weighted by Gasteiger charge is -1.83. The number of nitrogens with zero attached hydrogens (tertiary/aromatic N) is 3. The Hall–Kier alpha value is -1.56. The predicted octanol–water partition coefficient (Wildman–Crippen LogP) is 1.13. The number of aromatic nitrogens is 4. The van der Waals surface area contributed by atoms with Crippen molar-refractivity contribution in [1.82, 2.24) is 20.4 Å². The highest BCUT2D eigenvalue weighted by Crippen LogP contribution is 2.22. The third-order valence-electron chi connectivity index (χ3n) is 1.49. The first-order valence-corrected chi connectivity index (χ1v) is 4.42. The van der Waals surface area contributed by atoms with Crippen molar-refractivity contribution in [3.63, 3.8) is 0 Å². The molecule has 13 heavy (non-hydrogen) atoms. The van der Waals surface area contributed by atoms with Crippen LogP contribution < -0.4 is 0 Å². The second kappa shape index (κ2) is 3.06. The van der Waals surface area contributed by atoms with Gasteiger partial charge in [0.15, 0.2) is 5.78 Å². The van der Waals surface area contributed by atoms with Gasteiger partial charge < -0.3 is 0 Å². The fourth-order valence-electron chi connectivity index (χ4n) is 0.860. The molecule has 2 rings (SSSR count). The number of thiazole rings is 1. The third-order valence-corrected chi connectivity index (χ3v) is 2.61. The van der Waals surface area contributed by atoms with Gasteiger partial charge >= 0.3 is 0 Å². The van der Waals surface area contributed by atoms with E-state index >= 15 is 0 Å². The van der Waals surface area contributed by atoms with Gasteiger partial charge in [0.1, 0.15) is 10.7 Å². The third kappa shape index (κ3) is 1.48. The number of hydrogen-bond acceptors (Lipinski definition) is 5. The quantitative estimate of drug-likeness (QED) is 0.727. The molecule has 0 atom stereocenters. The highest BCUT2D eigenvalue weighted by molar-refractivity contribution is 7.16. The van der Waals surface area contributed by atoms with E-state index in [0.717, 1.165) is 0 Å². The van der Waals surface area contributed by atoms with Crippen molar-refractivity contribution in [3.05, 3.63) is 17.3 Å². The molecule has 0 saturated heterocycles. The van der Waals surface area contributed by atoms with Crippen LogP contribution in [-0.2, 0) is 0 Å². The SMILES string of the molecule is CC(=O)c1cnc(-c2cn[nH]n2)s1. The zero-order chi connectivity index (χ0) is 9.26. The minimum Gasteiger partial charge on any atom is -0.294 e. The predicted molar refractivity (Wildman–Crippen MR) is 47.5 cm³/mol. The number of hydrogen-bond donors (Lipinski definition) is 1. The van der Waals surface area contributed by atoms with Gasteiger partial charge in [0.05, 0.1) is 11.1 Å². The number of aromatic amines is 1. The first-order valence-electron chi connectivity index (χ1n) is 3.60. The van der Waals surface area contributed by atoms with Gasteiger partial charge in [0.25, 0.3) is 0 Å². The topological polar surface area (TPSA) is 71.5 Å². The molecular weight excluding hydrogens is 188 g/mol. The number of carbonyl (C=O) groups excluding carboxylic acids is 1. The normalized spacial score (nSPS) is 10.2. The lowest BCUT2D eigenvalue weighted by Crippen LogP contribution is -1.83. The minimum atomic E-state index is 0.0206. The van der Waals surface area contributed by atoms with Crippen LogP contribution in [0.2, 0.25) is 0 Å². The molecule has 0 aliphatic heterocycles. The van der Waals surface area contributed by atoms with E-state index in [4.69, 9.17) is 0 Å². The van der Waals surface area contributed by atoms with Gasteiger partial charge in [0.2, 0.25) is 0 Å². The van der Waals surface area contributed by atoms with Crippen LogP contribution in [0.3, 0.4) is 0 Å². The molecule has 0 spiro atoms. The molecule has 0 saturated carbocycles. The van der Waals surface area contributed by atoms with Crippen molar-refractivity contribution >= 4 is 17.1 Å². The summed E-state index contributed by atoms with van der Waals surface area (Å²) >= 11 is 1.32. The number of H-pyrrole nitrogens is 1. The molecule has 0 aliphatic carbocycles. The Labute approximate surface area is 77.8 Å². The molecule has 0 amide bonds. The summed E-state index contributed by atoms with van der Waals surface area (Å²) < 4.78 is 0. The Morgan fingerprint density at radius 2 is 2.38 bits per heavy atom. The highest BCUT2D eigenvalue weighted by atomic mass is 32.1. The fourth-order valence-corrected chi connectivity index (χ4v) is 1.63. The van der Waals surface area contributed by atoms with E-state index in [2.05, 4.69) is 20.4 Å². The van der Waals surface area contributed by atoms with Crippen molar-refractivity contribution in [2.24, 2.45) is 0 Å². The number of ketones is 1. The molecule has 1 N–H and O–H groups in total.